The van der Waals surface area contributed by atoms with Crippen LogP contribution in [-0.4, -0.2) is 39.5 Å². The van der Waals surface area contributed by atoms with Gasteiger partial charge in [-0.1, -0.05) is 35.4 Å². The summed E-state index contributed by atoms with van der Waals surface area (Å²) in [5.41, 5.74) is 12.0. The summed E-state index contributed by atoms with van der Waals surface area (Å²) in [6.07, 6.45) is 1.93. The van der Waals surface area contributed by atoms with Gasteiger partial charge in [0.2, 0.25) is 0 Å². The molecule has 0 radical (unpaired) electrons. The maximum absolute atomic E-state index is 8.41. The highest BCUT2D eigenvalue weighted by Crippen LogP contribution is 2.36. The average Bonchev–Trinajstić information content (AvgIpc) is 3.17. The van der Waals surface area contributed by atoms with Crippen molar-refractivity contribution in [3.05, 3.63) is 63.8 Å². The summed E-state index contributed by atoms with van der Waals surface area (Å²) in [6.45, 7) is 4.22. The molecule has 1 aromatic heterocycles. The Balaban J connectivity index is 1.46. The minimum absolute atomic E-state index is 0.214. The highest BCUT2D eigenvalue weighted by molar-refractivity contribution is 5.26. The molecule has 2 bridgehead atoms. The van der Waals surface area contributed by atoms with Crippen molar-refractivity contribution < 1.29 is 4.84 Å². The van der Waals surface area contributed by atoms with Gasteiger partial charge in [-0.2, -0.15) is 10.2 Å². The number of aromatic nitrogens is 2. The number of nitrogens with zero attached hydrogens (tertiary/aromatic N) is 7. The zero-order valence-electron chi connectivity index (χ0n) is 13.3. The minimum Gasteiger partial charge on any atom is -0.292 e. The lowest BCUT2D eigenvalue weighted by Crippen LogP contribution is -2.26. The molecule has 8 nitrogen and oxygen atoms in total. The standard InChI is InChI=1S/C16H19N7O/c17-20-18-6-7-22-15-9-21-10-16(14(15)8-19-22)23(12-21)24-11-13-4-2-1-3-5-13/h1-5,8,16H,6-7,9-12H2. The maximum Gasteiger partial charge on any atom is 0.0936 e. The molecule has 0 aliphatic carbocycles. The second-order valence-electron chi connectivity index (χ2n) is 6.07. The summed E-state index contributed by atoms with van der Waals surface area (Å²) in [6, 6.07) is 10.4. The van der Waals surface area contributed by atoms with Gasteiger partial charge < -0.3 is 0 Å². The van der Waals surface area contributed by atoms with E-state index in [2.05, 4.69) is 37.2 Å². The van der Waals surface area contributed by atoms with Crippen LogP contribution in [0.25, 0.3) is 10.4 Å². The molecule has 1 fully saturated rings. The Bertz CT molecular complexity index is 753. The van der Waals surface area contributed by atoms with Crippen molar-refractivity contribution in [2.45, 2.75) is 25.7 Å². The first-order chi connectivity index (χ1) is 11.8. The molecule has 2 aliphatic rings. The van der Waals surface area contributed by atoms with E-state index in [1.807, 2.05) is 29.1 Å². The molecule has 124 valence electrons. The first-order valence-corrected chi connectivity index (χ1v) is 8.06. The highest BCUT2D eigenvalue weighted by atomic mass is 16.7. The molecule has 0 spiro atoms. The molecular weight excluding hydrogens is 306 g/mol. The number of hydroxylamine groups is 2. The van der Waals surface area contributed by atoms with Crippen LogP contribution in [-0.2, 0) is 24.5 Å². The zero-order chi connectivity index (χ0) is 16.4. The maximum atomic E-state index is 8.41. The summed E-state index contributed by atoms with van der Waals surface area (Å²) >= 11 is 0. The van der Waals surface area contributed by atoms with Crippen molar-refractivity contribution >= 4 is 0 Å². The van der Waals surface area contributed by atoms with Crippen molar-refractivity contribution in [2.24, 2.45) is 5.11 Å². The summed E-state index contributed by atoms with van der Waals surface area (Å²) in [7, 11) is 0. The predicted octanol–water partition coefficient (Wildman–Crippen LogP) is 2.46. The Kier molecular flexibility index (Phi) is 4.18. The van der Waals surface area contributed by atoms with E-state index in [-0.39, 0.29) is 6.04 Å². The zero-order valence-corrected chi connectivity index (χ0v) is 13.3. The third kappa shape index (κ3) is 2.88. The topological polar surface area (TPSA) is 82.3 Å². The quantitative estimate of drug-likeness (QED) is 0.464. The number of benzene rings is 1. The Morgan fingerprint density at radius 1 is 1.33 bits per heavy atom. The van der Waals surface area contributed by atoms with Crippen LogP contribution in [0.4, 0.5) is 0 Å². The van der Waals surface area contributed by atoms with Gasteiger partial charge >= 0.3 is 0 Å². The van der Waals surface area contributed by atoms with Crippen LogP contribution >= 0.6 is 0 Å². The Labute approximate surface area is 139 Å². The number of azide groups is 1. The third-order valence-electron chi connectivity index (χ3n) is 4.55. The lowest BCUT2D eigenvalue weighted by Gasteiger charge is -2.24. The van der Waals surface area contributed by atoms with E-state index in [0.717, 1.165) is 19.8 Å². The SMILES string of the molecule is [N-]=[N+]=NCCn1ncc2c1CN1CC2N(OCc2ccccc2)C1. The molecule has 3 heterocycles. The van der Waals surface area contributed by atoms with Crippen molar-refractivity contribution in [2.75, 3.05) is 19.8 Å². The largest absolute Gasteiger partial charge is 0.292 e. The van der Waals surface area contributed by atoms with Crippen LogP contribution in [0.15, 0.2) is 41.6 Å². The predicted molar refractivity (Wildman–Crippen MR) is 87.3 cm³/mol. The van der Waals surface area contributed by atoms with Gasteiger partial charge in [0.25, 0.3) is 0 Å². The Morgan fingerprint density at radius 3 is 3.04 bits per heavy atom. The number of fused-ring (bicyclic) bond motifs is 4. The second kappa shape index (κ2) is 6.62. The normalized spacial score (nSPS) is 22.2. The van der Waals surface area contributed by atoms with Gasteiger partial charge in [-0.25, -0.2) is 0 Å². The molecule has 0 saturated carbocycles. The van der Waals surface area contributed by atoms with E-state index in [1.165, 1.54) is 16.8 Å². The Hall–Kier alpha value is -2.38. The van der Waals surface area contributed by atoms with Gasteiger partial charge in [-0.15, -0.1) is 0 Å². The molecule has 24 heavy (non-hydrogen) atoms. The molecule has 1 saturated heterocycles. The van der Waals surface area contributed by atoms with Crippen LogP contribution in [0, 0.1) is 0 Å². The molecule has 2 atom stereocenters. The van der Waals surface area contributed by atoms with Crippen LogP contribution in [0.1, 0.15) is 22.9 Å². The monoisotopic (exact) mass is 325 g/mol. The van der Waals surface area contributed by atoms with Crippen molar-refractivity contribution in [1.82, 2.24) is 19.7 Å². The minimum atomic E-state index is 0.214. The summed E-state index contributed by atoms with van der Waals surface area (Å²) in [5, 5.41) is 10.1. The number of rotatable bonds is 6. The fourth-order valence-corrected chi connectivity index (χ4v) is 3.38. The van der Waals surface area contributed by atoms with Gasteiger partial charge in [0, 0.05) is 36.7 Å². The van der Waals surface area contributed by atoms with Crippen molar-refractivity contribution in [3.63, 3.8) is 0 Å². The lowest BCUT2D eigenvalue weighted by atomic mass is 10.1. The smallest absolute Gasteiger partial charge is 0.0936 e. The van der Waals surface area contributed by atoms with E-state index in [4.69, 9.17) is 10.4 Å². The van der Waals surface area contributed by atoms with E-state index in [0.29, 0.717) is 19.7 Å². The summed E-state index contributed by atoms with van der Waals surface area (Å²) in [4.78, 5) is 11.2. The molecule has 2 aliphatic heterocycles. The second-order valence-corrected chi connectivity index (χ2v) is 6.07. The fraction of sp³-hybridized carbons (Fsp3) is 0.438. The summed E-state index contributed by atoms with van der Waals surface area (Å²) < 4.78 is 1.95. The fourth-order valence-electron chi connectivity index (χ4n) is 3.38. The van der Waals surface area contributed by atoms with Gasteiger partial charge in [-0.3, -0.25) is 14.4 Å². The van der Waals surface area contributed by atoms with E-state index in [9.17, 15) is 0 Å². The molecule has 2 aromatic rings. The molecule has 0 N–H and O–H groups in total. The van der Waals surface area contributed by atoms with Crippen LogP contribution in [0.3, 0.4) is 0 Å². The van der Waals surface area contributed by atoms with Crippen LogP contribution < -0.4 is 0 Å². The van der Waals surface area contributed by atoms with Gasteiger partial charge in [0.05, 0.1) is 31.2 Å². The van der Waals surface area contributed by atoms with E-state index < -0.39 is 0 Å². The average molecular weight is 325 g/mol. The van der Waals surface area contributed by atoms with Crippen LogP contribution in [0.5, 0.6) is 0 Å². The molecule has 1 aromatic carbocycles. The van der Waals surface area contributed by atoms with Crippen molar-refractivity contribution in [1.29, 1.82) is 0 Å². The number of hydrogen-bond acceptors (Lipinski definition) is 5. The summed E-state index contributed by atoms with van der Waals surface area (Å²) in [5.74, 6) is 0. The third-order valence-corrected chi connectivity index (χ3v) is 4.55. The molecular formula is C16H19N7O. The molecule has 0 amide bonds. The van der Waals surface area contributed by atoms with Crippen LogP contribution in [0.2, 0.25) is 0 Å². The Morgan fingerprint density at radius 2 is 2.21 bits per heavy atom. The molecule has 2 unspecified atom stereocenters. The van der Waals surface area contributed by atoms with E-state index in [1.54, 1.807) is 0 Å². The van der Waals surface area contributed by atoms with E-state index >= 15 is 0 Å². The lowest BCUT2D eigenvalue weighted by molar-refractivity contribution is -0.184. The van der Waals surface area contributed by atoms with Crippen molar-refractivity contribution in [3.8, 4) is 0 Å². The highest BCUT2D eigenvalue weighted by Gasteiger charge is 2.40. The number of hydrogen-bond donors (Lipinski definition) is 0. The molecule has 4 rings (SSSR count). The first kappa shape index (κ1) is 15.2. The van der Waals surface area contributed by atoms with Gasteiger partial charge in [0.1, 0.15) is 0 Å². The van der Waals surface area contributed by atoms with Gasteiger partial charge in [0.15, 0.2) is 0 Å². The first-order valence-electron chi connectivity index (χ1n) is 8.06. The molecule has 8 heteroatoms. The van der Waals surface area contributed by atoms with Gasteiger partial charge in [-0.05, 0) is 11.1 Å².